The Hall–Kier alpha value is -2.40. The molecule has 0 fully saturated rings. The molecule has 4 nitrogen and oxygen atoms in total. The minimum Gasteiger partial charge on any atom is -0.352 e. The lowest BCUT2D eigenvalue weighted by Crippen LogP contribution is -2.36. The van der Waals surface area contributed by atoms with E-state index in [9.17, 15) is 4.39 Å². The summed E-state index contributed by atoms with van der Waals surface area (Å²) in [6, 6.07) is 15.3. The van der Waals surface area contributed by atoms with E-state index in [1.54, 1.807) is 19.2 Å². The van der Waals surface area contributed by atoms with Crippen molar-refractivity contribution in [2.45, 2.75) is 26.6 Å². The van der Waals surface area contributed by atoms with Gasteiger partial charge in [-0.15, -0.1) is 0 Å². The van der Waals surface area contributed by atoms with Gasteiger partial charge < -0.3 is 15.5 Å². The van der Waals surface area contributed by atoms with Gasteiger partial charge in [-0.2, -0.15) is 0 Å². The molecule has 134 valence electrons. The topological polar surface area (TPSA) is 39.7 Å². The van der Waals surface area contributed by atoms with Crippen LogP contribution in [0.1, 0.15) is 23.6 Å². The largest absolute Gasteiger partial charge is 0.352 e. The third-order valence-corrected chi connectivity index (χ3v) is 4.07. The van der Waals surface area contributed by atoms with Gasteiger partial charge in [-0.3, -0.25) is 4.99 Å². The Morgan fingerprint density at radius 3 is 2.48 bits per heavy atom. The Balaban J connectivity index is 1.88. The Bertz CT molecular complexity index is 700. The van der Waals surface area contributed by atoms with Crippen LogP contribution in [0.15, 0.2) is 53.5 Å². The highest BCUT2D eigenvalue weighted by Gasteiger charge is 2.04. The first-order chi connectivity index (χ1) is 12.1. The summed E-state index contributed by atoms with van der Waals surface area (Å²) in [5.74, 6) is 0.442. The molecule has 0 atom stereocenters. The van der Waals surface area contributed by atoms with Crippen molar-refractivity contribution in [2.24, 2.45) is 4.99 Å². The summed E-state index contributed by atoms with van der Waals surface area (Å²) in [4.78, 5) is 6.46. The average molecular weight is 342 g/mol. The van der Waals surface area contributed by atoms with Gasteiger partial charge in [0.1, 0.15) is 5.82 Å². The van der Waals surface area contributed by atoms with E-state index in [0.717, 1.165) is 13.1 Å². The van der Waals surface area contributed by atoms with Crippen molar-refractivity contribution >= 4 is 5.96 Å². The lowest BCUT2D eigenvalue weighted by atomic mass is 10.1. The Morgan fingerprint density at radius 1 is 1.04 bits per heavy atom. The summed E-state index contributed by atoms with van der Waals surface area (Å²) in [7, 11) is 3.82. The van der Waals surface area contributed by atoms with E-state index in [1.807, 2.05) is 6.07 Å². The third kappa shape index (κ3) is 6.19. The van der Waals surface area contributed by atoms with Gasteiger partial charge in [0.05, 0.1) is 0 Å². The first-order valence-corrected chi connectivity index (χ1v) is 8.56. The Labute approximate surface area is 149 Å². The molecule has 0 saturated carbocycles. The fourth-order valence-corrected chi connectivity index (χ4v) is 2.49. The van der Waals surface area contributed by atoms with E-state index in [4.69, 9.17) is 0 Å². The Kier molecular flexibility index (Phi) is 7.41. The number of hydrogen-bond donors (Lipinski definition) is 2. The van der Waals surface area contributed by atoms with Gasteiger partial charge in [0, 0.05) is 32.2 Å². The highest BCUT2D eigenvalue weighted by molar-refractivity contribution is 5.79. The molecule has 0 amide bonds. The number of halogens is 1. The minimum atomic E-state index is -0.210. The molecule has 25 heavy (non-hydrogen) atoms. The molecule has 2 N–H and O–H groups in total. The van der Waals surface area contributed by atoms with Crippen LogP contribution in [0.3, 0.4) is 0 Å². The molecule has 0 aliphatic rings. The van der Waals surface area contributed by atoms with E-state index in [-0.39, 0.29) is 5.82 Å². The van der Waals surface area contributed by atoms with Crippen LogP contribution in [0.2, 0.25) is 0 Å². The van der Waals surface area contributed by atoms with Crippen LogP contribution in [0.5, 0.6) is 0 Å². The van der Waals surface area contributed by atoms with Crippen molar-refractivity contribution in [1.29, 1.82) is 0 Å². The molecule has 0 aromatic heterocycles. The number of rotatable bonds is 7. The van der Waals surface area contributed by atoms with Crippen LogP contribution < -0.4 is 10.6 Å². The maximum Gasteiger partial charge on any atom is 0.191 e. The van der Waals surface area contributed by atoms with Crippen molar-refractivity contribution in [3.05, 3.63) is 71.0 Å². The number of nitrogens with one attached hydrogen (secondary N) is 2. The van der Waals surface area contributed by atoms with Crippen LogP contribution in [0.25, 0.3) is 0 Å². The summed E-state index contributed by atoms with van der Waals surface area (Å²) in [6.07, 6.45) is 0. The standard InChI is InChI=1S/C20H27FN4/c1-4-25(3)15-17-9-7-8-16(12-17)13-23-20(22-2)24-14-18-10-5-6-11-19(18)21/h5-12H,4,13-15H2,1-3H3,(H2,22,23,24). The molecular weight excluding hydrogens is 315 g/mol. The SMILES string of the molecule is CCN(C)Cc1cccc(CNC(=NC)NCc2ccccc2F)c1. The minimum absolute atomic E-state index is 0.210. The van der Waals surface area contributed by atoms with Crippen molar-refractivity contribution in [1.82, 2.24) is 15.5 Å². The second-order valence-corrected chi connectivity index (χ2v) is 6.02. The zero-order valence-electron chi connectivity index (χ0n) is 15.2. The molecule has 0 heterocycles. The number of nitrogens with zero attached hydrogens (tertiary/aromatic N) is 2. The number of aliphatic imine (C=N–C) groups is 1. The molecular formula is C20H27FN4. The van der Waals surface area contributed by atoms with Crippen LogP contribution in [0.4, 0.5) is 4.39 Å². The first-order valence-electron chi connectivity index (χ1n) is 8.56. The molecule has 0 radical (unpaired) electrons. The summed E-state index contributed by atoms with van der Waals surface area (Å²) < 4.78 is 13.7. The highest BCUT2D eigenvalue weighted by atomic mass is 19.1. The molecule has 0 aliphatic carbocycles. The smallest absolute Gasteiger partial charge is 0.191 e. The predicted octanol–water partition coefficient (Wildman–Crippen LogP) is 3.14. The molecule has 2 rings (SSSR count). The summed E-state index contributed by atoms with van der Waals surface area (Å²) in [6.45, 7) is 5.17. The van der Waals surface area contributed by atoms with Crippen molar-refractivity contribution < 1.29 is 4.39 Å². The molecule has 0 saturated heterocycles. The summed E-state index contributed by atoms with van der Waals surface area (Å²) in [5.41, 5.74) is 3.10. The first kappa shape index (κ1) is 18.9. The number of hydrogen-bond acceptors (Lipinski definition) is 2. The highest BCUT2D eigenvalue weighted by Crippen LogP contribution is 2.08. The van der Waals surface area contributed by atoms with Gasteiger partial charge in [-0.25, -0.2) is 4.39 Å². The van der Waals surface area contributed by atoms with Crippen molar-refractivity contribution in [2.75, 3.05) is 20.6 Å². The quantitative estimate of drug-likeness (QED) is 0.600. The van der Waals surface area contributed by atoms with Crippen LogP contribution in [-0.4, -0.2) is 31.5 Å². The van der Waals surface area contributed by atoms with Crippen LogP contribution in [0, 0.1) is 5.82 Å². The number of guanidine groups is 1. The van der Waals surface area contributed by atoms with Crippen LogP contribution >= 0.6 is 0 Å². The van der Waals surface area contributed by atoms with E-state index < -0.39 is 0 Å². The van der Waals surface area contributed by atoms with E-state index in [2.05, 4.69) is 58.8 Å². The molecule has 5 heteroatoms. The summed E-state index contributed by atoms with van der Waals surface area (Å²) in [5, 5.41) is 6.42. The van der Waals surface area contributed by atoms with Crippen molar-refractivity contribution in [3.63, 3.8) is 0 Å². The Morgan fingerprint density at radius 2 is 1.76 bits per heavy atom. The molecule has 0 bridgehead atoms. The second kappa shape index (κ2) is 9.79. The van der Waals surface area contributed by atoms with E-state index >= 15 is 0 Å². The number of benzene rings is 2. The zero-order chi connectivity index (χ0) is 18.1. The zero-order valence-corrected chi connectivity index (χ0v) is 15.2. The lowest BCUT2D eigenvalue weighted by molar-refractivity contribution is 0.345. The van der Waals surface area contributed by atoms with Gasteiger partial charge in [-0.1, -0.05) is 49.4 Å². The molecule has 2 aromatic carbocycles. The van der Waals surface area contributed by atoms with Gasteiger partial charge in [0.15, 0.2) is 5.96 Å². The molecule has 0 spiro atoms. The normalized spacial score (nSPS) is 11.6. The second-order valence-electron chi connectivity index (χ2n) is 6.02. The van der Waals surface area contributed by atoms with Crippen molar-refractivity contribution in [3.8, 4) is 0 Å². The molecule has 0 unspecified atom stereocenters. The monoisotopic (exact) mass is 342 g/mol. The van der Waals surface area contributed by atoms with E-state index in [1.165, 1.54) is 17.2 Å². The molecule has 2 aromatic rings. The predicted molar refractivity (Wildman–Crippen MR) is 102 cm³/mol. The summed E-state index contributed by atoms with van der Waals surface area (Å²) >= 11 is 0. The average Bonchev–Trinajstić information content (AvgIpc) is 2.63. The molecule has 0 aliphatic heterocycles. The maximum absolute atomic E-state index is 13.7. The fraction of sp³-hybridized carbons (Fsp3) is 0.350. The van der Waals surface area contributed by atoms with Gasteiger partial charge >= 0.3 is 0 Å². The van der Waals surface area contributed by atoms with Gasteiger partial charge in [0.2, 0.25) is 0 Å². The maximum atomic E-state index is 13.7. The van der Waals surface area contributed by atoms with Gasteiger partial charge in [-0.05, 0) is 30.8 Å². The lowest BCUT2D eigenvalue weighted by Gasteiger charge is -2.15. The third-order valence-electron chi connectivity index (χ3n) is 4.07. The van der Waals surface area contributed by atoms with Crippen LogP contribution in [-0.2, 0) is 19.6 Å². The fourth-order valence-electron chi connectivity index (χ4n) is 2.49. The van der Waals surface area contributed by atoms with Gasteiger partial charge in [0.25, 0.3) is 0 Å². The van der Waals surface area contributed by atoms with E-state index in [0.29, 0.717) is 24.6 Å².